The van der Waals surface area contributed by atoms with Crippen molar-refractivity contribution in [3.8, 4) is 5.75 Å². The average molecular weight is 350 g/mol. The van der Waals surface area contributed by atoms with Crippen LogP contribution in [0.25, 0.3) is 0 Å². The van der Waals surface area contributed by atoms with E-state index < -0.39 is 6.03 Å². The minimum atomic E-state index is -0.393. The topological polar surface area (TPSA) is 77.8 Å². The lowest BCUT2D eigenvalue weighted by molar-refractivity contribution is 0.255. The molecule has 8 heteroatoms. The molecule has 1 saturated heterocycles. The quantitative estimate of drug-likeness (QED) is 0.711. The highest BCUT2D eigenvalue weighted by Crippen LogP contribution is 2.28. The largest absolute Gasteiger partial charge is 0.490 e. The lowest BCUT2D eigenvalue weighted by Gasteiger charge is -2.19. The first-order chi connectivity index (χ1) is 11.6. The summed E-state index contributed by atoms with van der Waals surface area (Å²) >= 11 is 6.03. The third-order valence-electron chi connectivity index (χ3n) is 3.68. The maximum absolute atomic E-state index is 12.2. The third-order valence-corrected chi connectivity index (χ3v) is 3.92. The average Bonchev–Trinajstić information content (AvgIpc) is 3.36. The van der Waals surface area contributed by atoms with E-state index in [2.05, 4.69) is 25.8 Å². The van der Waals surface area contributed by atoms with Gasteiger partial charge in [-0.05, 0) is 25.1 Å². The lowest BCUT2D eigenvalue weighted by Crippen LogP contribution is -2.45. The molecule has 1 unspecified atom stereocenters. The van der Waals surface area contributed by atoms with Gasteiger partial charge < -0.3 is 15.4 Å². The Morgan fingerprint density at radius 2 is 2.29 bits per heavy atom. The molecule has 0 bridgehead atoms. The molecule has 0 spiro atoms. The number of nitrogens with one attached hydrogen (secondary N) is 3. The summed E-state index contributed by atoms with van der Waals surface area (Å²) in [4.78, 5) is 18.6. The molecule has 3 rings (SSSR count). The van der Waals surface area contributed by atoms with Crippen molar-refractivity contribution in [1.29, 1.82) is 0 Å². The van der Waals surface area contributed by atoms with Crippen LogP contribution in [0.3, 0.4) is 0 Å². The third kappa shape index (κ3) is 4.62. The Hall–Kier alpha value is -2.25. The number of carbonyl (C=O) groups excluding carboxylic acids is 1. The van der Waals surface area contributed by atoms with Crippen molar-refractivity contribution < 1.29 is 9.53 Å². The van der Waals surface area contributed by atoms with Gasteiger partial charge in [0.15, 0.2) is 0 Å². The zero-order valence-corrected chi connectivity index (χ0v) is 14.1. The minimum Gasteiger partial charge on any atom is -0.490 e. The van der Waals surface area contributed by atoms with Gasteiger partial charge in [-0.15, -0.1) is 0 Å². The molecule has 1 fully saturated rings. The number of rotatable bonds is 5. The lowest BCUT2D eigenvalue weighted by atomic mass is 10.3. The first-order valence-corrected chi connectivity index (χ1v) is 8.21. The van der Waals surface area contributed by atoms with Crippen LogP contribution in [0.2, 0.25) is 5.02 Å². The van der Waals surface area contributed by atoms with Crippen LogP contribution in [0.5, 0.6) is 5.75 Å². The molecule has 24 heavy (non-hydrogen) atoms. The van der Waals surface area contributed by atoms with Gasteiger partial charge in [0.2, 0.25) is 0 Å². The van der Waals surface area contributed by atoms with E-state index in [9.17, 15) is 4.79 Å². The number of benzene rings is 1. The number of aliphatic imine (C=N–C) groups is 1. The monoisotopic (exact) mass is 349 g/mol. The van der Waals surface area contributed by atoms with Crippen molar-refractivity contribution >= 4 is 29.2 Å². The predicted molar refractivity (Wildman–Crippen MR) is 94.7 cm³/mol. The highest BCUT2D eigenvalue weighted by Gasteiger charge is 2.18. The molecule has 0 aliphatic carbocycles. The summed E-state index contributed by atoms with van der Waals surface area (Å²) in [6.07, 6.45) is 3.32. The fourth-order valence-electron chi connectivity index (χ4n) is 2.21. The molecule has 0 aromatic heterocycles. The summed E-state index contributed by atoms with van der Waals surface area (Å²) in [6, 6.07) is 4.70. The standard InChI is InChI=1S/C16H20ClN5O2/c1-11-15(19-5-4-18-11)21-16(23)20-13-10-12(17)2-3-14(13)24-9-8-22-6-7-22/h2-5,10-11,18H,6-9H2,1H3,(H2,19,20,21,23). The molecule has 0 radical (unpaired) electrons. The van der Waals surface area contributed by atoms with Gasteiger partial charge in [0.25, 0.3) is 0 Å². The summed E-state index contributed by atoms with van der Waals surface area (Å²) in [5, 5.41) is 9.08. The van der Waals surface area contributed by atoms with E-state index in [1.807, 2.05) is 6.92 Å². The maximum Gasteiger partial charge on any atom is 0.324 e. The SMILES string of the molecule is CC1NC=CN=C1NC(=O)Nc1cc(Cl)ccc1OCCN1CC1. The van der Waals surface area contributed by atoms with Crippen LogP contribution >= 0.6 is 11.6 Å². The Morgan fingerprint density at radius 1 is 1.46 bits per heavy atom. The van der Waals surface area contributed by atoms with Crippen LogP contribution in [0.1, 0.15) is 6.92 Å². The number of amidine groups is 1. The first kappa shape index (κ1) is 16.6. The maximum atomic E-state index is 12.2. The van der Waals surface area contributed by atoms with Crippen molar-refractivity contribution in [2.24, 2.45) is 4.99 Å². The number of hydrogen-bond acceptors (Lipinski definition) is 5. The molecule has 1 aromatic rings. The highest BCUT2D eigenvalue weighted by atomic mass is 35.5. The highest BCUT2D eigenvalue weighted by molar-refractivity contribution is 6.31. The number of urea groups is 1. The van der Waals surface area contributed by atoms with E-state index in [-0.39, 0.29) is 6.04 Å². The van der Waals surface area contributed by atoms with Crippen LogP contribution in [0.15, 0.2) is 35.6 Å². The van der Waals surface area contributed by atoms with Gasteiger partial charge in [-0.3, -0.25) is 10.2 Å². The van der Waals surface area contributed by atoms with Gasteiger partial charge in [0.1, 0.15) is 18.2 Å². The van der Waals surface area contributed by atoms with Gasteiger partial charge >= 0.3 is 6.03 Å². The minimum absolute atomic E-state index is 0.0663. The zero-order chi connectivity index (χ0) is 16.9. The summed E-state index contributed by atoms with van der Waals surface area (Å²) in [5.41, 5.74) is 0.526. The molecular weight excluding hydrogens is 330 g/mol. The second kappa shape index (κ2) is 7.55. The molecule has 2 aliphatic heterocycles. The predicted octanol–water partition coefficient (Wildman–Crippen LogP) is 2.02. The Morgan fingerprint density at radius 3 is 3.04 bits per heavy atom. The Labute approximate surface area is 145 Å². The normalized spacial score (nSPS) is 19.2. The molecular formula is C16H20ClN5O2. The molecule has 1 aromatic carbocycles. The smallest absolute Gasteiger partial charge is 0.324 e. The van der Waals surface area contributed by atoms with Crippen molar-refractivity contribution in [3.05, 3.63) is 35.6 Å². The van der Waals surface area contributed by atoms with Crippen LogP contribution in [-0.4, -0.2) is 49.0 Å². The molecule has 1 atom stereocenters. The summed E-state index contributed by atoms with van der Waals surface area (Å²) in [7, 11) is 0. The van der Waals surface area contributed by atoms with E-state index in [4.69, 9.17) is 16.3 Å². The van der Waals surface area contributed by atoms with Crippen molar-refractivity contribution in [2.75, 3.05) is 31.6 Å². The van der Waals surface area contributed by atoms with Crippen molar-refractivity contribution in [2.45, 2.75) is 13.0 Å². The summed E-state index contributed by atoms with van der Waals surface area (Å²) < 4.78 is 5.76. The Balaban J connectivity index is 1.61. The number of carbonyl (C=O) groups is 1. The van der Waals surface area contributed by atoms with Gasteiger partial charge in [-0.2, -0.15) is 0 Å². The molecule has 0 saturated carbocycles. The van der Waals surface area contributed by atoms with Crippen molar-refractivity contribution in [3.63, 3.8) is 0 Å². The summed E-state index contributed by atoms with van der Waals surface area (Å²) in [6.45, 7) is 5.60. The van der Waals surface area contributed by atoms with E-state index >= 15 is 0 Å². The fourth-order valence-corrected chi connectivity index (χ4v) is 2.38. The number of ether oxygens (including phenoxy) is 1. The molecule has 7 nitrogen and oxygen atoms in total. The number of nitrogens with zero attached hydrogens (tertiary/aromatic N) is 2. The van der Waals surface area contributed by atoms with Crippen LogP contribution in [-0.2, 0) is 0 Å². The zero-order valence-electron chi connectivity index (χ0n) is 13.4. The molecule has 2 heterocycles. The summed E-state index contributed by atoms with van der Waals surface area (Å²) in [5.74, 6) is 1.13. The second-order valence-electron chi connectivity index (χ2n) is 5.63. The molecule has 128 valence electrons. The Kier molecular flexibility index (Phi) is 5.22. The van der Waals surface area contributed by atoms with Crippen LogP contribution < -0.4 is 20.7 Å². The first-order valence-electron chi connectivity index (χ1n) is 7.83. The van der Waals surface area contributed by atoms with Crippen LogP contribution in [0, 0.1) is 0 Å². The van der Waals surface area contributed by atoms with E-state index in [1.165, 1.54) is 0 Å². The number of amides is 2. The number of halogens is 1. The van der Waals surface area contributed by atoms with Gasteiger partial charge in [0.05, 0.1) is 11.7 Å². The molecule has 2 aliphatic rings. The Bertz CT molecular complexity index is 672. The molecule has 3 N–H and O–H groups in total. The van der Waals surface area contributed by atoms with Gasteiger partial charge in [-0.25, -0.2) is 9.79 Å². The number of hydrogen-bond donors (Lipinski definition) is 3. The van der Waals surface area contributed by atoms with E-state index in [0.717, 1.165) is 19.6 Å². The fraction of sp³-hybridized carbons (Fsp3) is 0.375. The van der Waals surface area contributed by atoms with Crippen LogP contribution in [0.4, 0.5) is 10.5 Å². The van der Waals surface area contributed by atoms with E-state index in [1.54, 1.807) is 30.6 Å². The van der Waals surface area contributed by atoms with E-state index in [0.29, 0.717) is 28.9 Å². The second-order valence-corrected chi connectivity index (χ2v) is 6.06. The number of anilines is 1. The van der Waals surface area contributed by atoms with Gasteiger partial charge in [-0.1, -0.05) is 11.6 Å². The van der Waals surface area contributed by atoms with Gasteiger partial charge in [0, 0.05) is 37.1 Å². The van der Waals surface area contributed by atoms with Crippen molar-refractivity contribution in [1.82, 2.24) is 15.5 Å². The molecule has 2 amide bonds.